The smallest absolute Gasteiger partial charge is 0.270 e. The molecule has 3 rings (SSSR count). The van der Waals surface area contributed by atoms with Gasteiger partial charge >= 0.3 is 6.03 Å². The molecule has 1 saturated heterocycles. The van der Waals surface area contributed by atoms with E-state index in [1.165, 1.54) is 0 Å². The van der Waals surface area contributed by atoms with Crippen molar-refractivity contribution in [1.82, 2.24) is 4.90 Å². The number of nitrogens with zero attached hydrogens (tertiary/aromatic N) is 2. The number of fused-ring (bicyclic) bond motifs is 1. The number of rotatable bonds is 1. The van der Waals surface area contributed by atoms with Crippen molar-refractivity contribution in [2.75, 3.05) is 4.90 Å². The van der Waals surface area contributed by atoms with E-state index >= 15 is 0 Å². The lowest BCUT2D eigenvalue weighted by Gasteiger charge is -2.63. The molecule has 0 saturated carbocycles. The molecule has 15 heavy (non-hydrogen) atoms. The van der Waals surface area contributed by atoms with E-state index in [2.05, 4.69) is 13.0 Å². The van der Waals surface area contributed by atoms with Gasteiger partial charge in [-0.25, -0.2) is 4.79 Å². The Kier molecular flexibility index (Phi) is 1.38. The Morgan fingerprint density at radius 2 is 1.80 bits per heavy atom. The summed E-state index contributed by atoms with van der Waals surface area (Å²) in [5, 5.41) is 0. The molecule has 3 nitrogen and oxygen atoms in total. The first-order chi connectivity index (χ1) is 7.14. The van der Waals surface area contributed by atoms with Crippen molar-refractivity contribution in [1.29, 1.82) is 0 Å². The largest absolute Gasteiger partial charge is 0.333 e. The van der Waals surface area contributed by atoms with E-state index in [-0.39, 0.29) is 11.7 Å². The average molecular weight is 200 g/mol. The van der Waals surface area contributed by atoms with Crippen LogP contribution >= 0.6 is 0 Å². The molecule has 76 valence electrons. The highest BCUT2D eigenvalue weighted by Crippen LogP contribution is 2.47. The number of carbonyl (C=O) groups is 1. The number of amides is 2. The van der Waals surface area contributed by atoms with Crippen LogP contribution in [0.25, 0.3) is 0 Å². The van der Waals surface area contributed by atoms with Gasteiger partial charge in [-0.15, -0.1) is 0 Å². The number of hydrogen-bond acceptors (Lipinski definition) is 1. The van der Waals surface area contributed by atoms with Gasteiger partial charge in [0.25, 0.3) is 0 Å². The number of benzene rings is 1. The van der Waals surface area contributed by atoms with E-state index in [0.717, 1.165) is 11.4 Å². The highest BCUT2D eigenvalue weighted by atomic mass is 16.2. The third kappa shape index (κ3) is 0.832. The summed E-state index contributed by atoms with van der Waals surface area (Å²) in [6.45, 7) is 4.01. The molecule has 2 aliphatic heterocycles. The van der Waals surface area contributed by atoms with Gasteiger partial charge in [-0.3, -0.25) is 9.80 Å². The van der Waals surface area contributed by atoms with Gasteiger partial charge in [0.05, 0.1) is 0 Å². The standard InChI is InChI=1S/C12H12N2O/c1-9-8-12(2)13(9)11(15)14(12)10-6-4-3-5-7-10/h3-8H,1-2H3. The Bertz CT molecular complexity index is 466. The predicted octanol–water partition coefficient (Wildman–Crippen LogP) is 2.56. The summed E-state index contributed by atoms with van der Waals surface area (Å²) in [7, 11) is 0. The van der Waals surface area contributed by atoms with E-state index in [1.54, 1.807) is 0 Å². The molecule has 1 aromatic carbocycles. The topological polar surface area (TPSA) is 23.6 Å². The van der Waals surface area contributed by atoms with Gasteiger partial charge in [0.2, 0.25) is 0 Å². The monoisotopic (exact) mass is 200 g/mol. The van der Waals surface area contributed by atoms with Crippen LogP contribution in [-0.2, 0) is 0 Å². The molecule has 2 aliphatic rings. The number of carbonyl (C=O) groups excluding carboxylic acids is 1. The normalized spacial score (nSPS) is 27.9. The molecule has 0 bridgehead atoms. The van der Waals surface area contributed by atoms with E-state index < -0.39 is 0 Å². The SMILES string of the molecule is CC1=CC2(C)N1C(=O)N2c1ccccc1. The Morgan fingerprint density at radius 1 is 1.13 bits per heavy atom. The summed E-state index contributed by atoms with van der Waals surface area (Å²) in [5.41, 5.74) is 1.79. The second-order valence-corrected chi connectivity index (χ2v) is 4.17. The predicted molar refractivity (Wildman–Crippen MR) is 58.3 cm³/mol. The van der Waals surface area contributed by atoms with Gasteiger partial charge in [0, 0.05) is 11.4 Å². The van der Waals surface area contributed by atoms with Crippen LogP contribution in [0.2, 0.25) is 0 Å². The maximum atomic E-state index is 11.9. The Balaban J connectivity index is 2.01. The zero-order valence-electron chi connectivity index (χ0n) is 8.77. The van der Waals surface area contributed by atoms with Crippen molar-refractivity contribution in [2.24, 2.45) is 0 Å². The molecule has 1 atom stereocenters. The van der Waals surface area contributed by atoms with Gasteiger partial charge < -0.3 is 0 Å². The maximum Gasteiger partial charge on any atom is 0.333 e. The van der Waals surface area contributed by atoms with Crippen LogP contribution in [0.5, 0.6) is 0 Å². The van der Waals surface area contributed by atoms with E-state index in [4.69, 9.17) is 0 Å². The van der Waals surface area contributed by atoms with Crippen LogP contribution < -0.4 is 4.90 Å². The van der Waals surface area contributed by atoms with E-state index in [9.17, 15) is 4.79 Å². The Hall–Kier alpha value is -1.77. The quantitative estimate of drug-likeness (QED) is 0.683. The van der Waals surface area contributed by atoms with Crippen LogP contribution in [-0.4, -0.2) is 16.6 Å². The molecular weight excluding hydrogens is 188 g/mol. The molecule has 0 spiro atoms. The Labute approximate surface area is 88.6 Å². The van der Waals surface area contributed by atoms with Crippen LogP contribution in [0.3, 0.4) is 0 Å². The van der Waals surface area contributed by atoms with Gasteiger partial charge in [-0.05, 0) is 32.1 Å². The van der Waals surface area contributed by atoms with Crippen molar-refractivity contribution in [3.63, 3.8) is 0 Å². The van der Waals surface area contributed by atoms with Crippen LogP contribution in [0.15, 0.2) is 42.1 Å². The summed E-state index contributed by atoms with van der Waals surface area (Å²) in [5.74, 6) is 0. The summed E-state index contributed by atoms with van der Waals surface area (Å²) < 4.78 is 0. The first-order valence-electron chi connectivity index (χ1n) is 5.03. The second kappa shape index (κ2) is 2.42. The van der Waals surface area contributed by atoms with Crippen molar-refractivity contribution in [2.45, 2.75) is 19.5 Å². The van der Waals surface area contributed by atoms with Gasteiger partial charge in [-0.2, -0.15) is 0 Å². The first-order valence-corrected chi connectivity index (χ1v) is 5.03. The molecule has 1 aromatic rings. The zero-order valence-corrected chi connectivity index (χ0v) is 8.77. The number of anilines is 1. The molecule has 1 fully saturated rings. The molecule has 2 heterocycles. The fraction of sp³-hybridized carbons (Fsp3) is 0.250. The van der Waals surface area contributed by atoms with Crippen LogP contribution in [0, 0.1) is 0 Å². The van der Waals surface area contributed by atoms with E-state index in [1.807, 2.05) is 47.1 Å². The summed E-state index contributed by atoms with van der Waals surface area (Å²) in [4.78, 5) is 15.5. The van der Waals surface area contributed by atoms with Gasteiger partial charge in [0.15, 0.2) is 0 Å². The fourth-order valence-electron chi connectivity index (χ4n) is 2.52. The van der Waals surface area contributed by atoms with Crippen LogP contribution in [0.1, 0.15) is 13.8 Å². The second-order valence-electron chi connectivity index (χ2n) is 4.17. The minimum atomic E-state index is -0.220. The molecule has 2 amide bonds. The van der Waals surface area contributed by atoms with Gasteiger partial charge in [-0.1, -0.05) is 18.2 Å². The molecule has 1 unspecified atom stereocenters. The van der Waals surface area contributed by atoms with Gasteiger partial charge in [0.1, 0.15) is 5.66 Å². The minimum absolute atomic E-state index is 0.0729. The summed E-state index contributed by atoms with van der Waals surface area (Å²) in [6.07, 6.45) is 2.11. The highest BCUT2D eigenvalue weighted by molar-refractivity contribution is 6.04. The first kappa shape index (κ1) is 8.53. The zero-order chi connectivity index (χ0) is 10.6. The third-order valence-corrected chi connectivity index (χ3v) is 3.14. The molecule has 0 aromatic heterocycles. The molecule has 0 N–H and O–H groups in total. The summed E-state index contributed by atoms with van der Waals surface area (Å²) in [6, 6.07) is 9.84. The Morgan fingerprint density at radius 3 is 2.33 bits per heavy atom. The summed E-state index contributed by atoms with van der Waals surface area (Å²) >= 11 is 0. The number of hydrogen-bond donors (Lipinski definition) is 0. The molecular formula is C12H12N2O. The van der Waals surface area contributed by atoms with Crippen LogP contribution in [0.4, 0.5) is 10.5 Å². The molecule has 3 heteroatoms. The fourth-order valence-corrected chi connectivity index (χ4v) is 2.52. The number of urea groups is 1. The highest BCUT2D eigenvalue weighted by Gasteiger charge is 2.60. The minimum Gasteiger partial charge on any atom is -0.270 e. The van der Waals surface area contributed by atoms with Crippen molar-refractivity contribution in [3.05, 3.63) is 42.1 Å². The maximum absolute atomic E-state index is 11.9. The third-order valence-electron chi connectivity index (χ3n) is 3.14. The van der Waals surface area contributed by atoms with Crippen molar-refractivity contribution in [3.8, 4) is 0 Å². The molecule has 0 radical (unpaired) electrons. The number of allylic oxidation sites excluding steroid dienone is 1. The van der Waals surface area contributed by atoms with E-state index in [0.29, 0.717) is 0 Å². The lowest BCUT2D eigenvalue weighted by molar-refractivity contribution is 0.0987. The van der Waals surface area contributed by atoms with Crippen molar-refractivity contribution >= 4 is 11.7 Å². The molecule has 0 aliphatic carbocycles. The van der Waals surface area contributed by atoms with Crippen molar-refractivity contribution < 1.29 is 4.79 Å². The lowest BCUT2D eigenvalue weighted by atomic mass is 9.91. The lowest BCUT2D eigenvalue weighted by Crippen LogP contribution is -2.79. The number of para-hydroxylation sites is 1. The average Bonchev–Trinajstić information content (AvgIpc) is 2.18.